The molecule has 1 aromatic rings. The molecule has 10 heteroatoms. The van der Waals surface area contributed by atoms with Gasteiger partial charge in [-0.1, -0.05) is 15.9 Å². The standard InChI is InChI=1S/C9H11Br2N3O5/c1-12-8(15)7(11)6(5-10)13(9(12)16)3-2-4-19-14(17)18/h2-5H2,1H3. The molecule has 1 heterocycles. The lowest BCUT2D eigenvalue weighted by molar-refractivity contribution is -0.757. The van der Waals surface area contributed by atoms with Gasteiger partial charge in [0.05, 0.1) is 12.3 Å². The molecule has 0 spiro atoms. The van der Waals surface area contributed by atoms with Gasteiger partial charge in [0.25, 0.3) is 10.6 Å². The lowest BCUT2D eigenvalue weighted by Crippen LogP contribution is -2.40. The smallest absolute Gasteiger partial charge is 0.314 e. The van der Waals surface area contributed by atoms with E-state index in [1.54, 1.807) is 0 Å². The van der Waals surface area contributed by atoms with Gasteiger partial charge >= 0.3 is 5.69 Å². The van der Waals surface area contributed by atoms with E-state index in [1.165, 1.54) is 11.6 Å². The Morgan fingerprint density at radius 1 is 1.42 bits per heavy atom. The Hall–Kier alpha value is -1.16. The number of nitrogens with zero attached hydrogens (tertiary/aromatic N) is 3. The number of hydrogen-bond acceptors (Lipinski definition) is 5. The van der Waals surface area contributed by atoms with E-state index < -0.39 is 16.3 Å². The summed E-state index contributed by atoms with van der Waals surface area (Å²) in [6.45, 7) is 0.113. The van der Waals surface area contributed by atoms with Crippen molar-refractivity contribution in [2.75, 3.05) is 6.61 Å². The van der Waals surface area contributed by atoms with Crippen LogP contribution in [0.5, 0.6) is 0 Å². The second-order valence-electron chi connectivity index (χ2n) is 3.60. The fourth-order valence-corrected chi connectivity index (χ4v) is 3.08. The van der Waals surface area contributed by atoms with E-state index in [4.69, 9.17) is 0 Å². The fourth-order valence-electron chi connectivity index (χ4n) is 1.50. The molecule has 0 saturated carbocycles. The van der Waals surface area contributed by atoms with E-state index in [0.717, 1.165) is 4.57 Å². The minimum Gasteiger partial charge on any atom is -0.314 e. The molecule has 0 unspecified atom stereocenters. The fraction of sp³-hybridized carbons (Fsp3) is 0.556. The van der Waals surface area contributed by atoms with Crippen molar-refractivity contribution in [1.29, 1.82) is 0 Å². The van der Waals surface area contributed by atoms with Crippen LogP contribution < -0.4 is 11.2 Å². The van der Waals surface area contributed by atoms with Crippen molar-refractivity contribution in [3.63, 3.8) is 0 Å². The van der Waals surface area contributed by atoms with Crippen molar-refractivity contribution in [2.24, 2.45) is 7.05 Å². The normalized spacial score (nSPS) is 10.5. The molecule has 0 saturated heterocycles. The Kier molecular flexibility index (Phi) is 5.73. The average molecular weight is 401 g/mol. The van der Waals surface area contributed by atoms with Crippen molar-refractivity contribution < 1.29 is 9.92 Å². The van der Waals surface area contributed by atoms with Gasteiger partial charge in [0.2, 0.25) is 0 Å². The van der Waals surface area contributed by atoms with Gasteiger partial charge in [-0.2, -0.15) is 0 Å². The summed E-state index contributed by atoms with van der Waals surface area (Å²) in [5.74, 6) is 0. The number of aromatic nitrogens is 2. The van der Waals surface area contributed by atoms with Gasteiger partial charge in [-0.15, -0.1) is 10.1 Å². The van der Waals surface area contributed by atoms with Gasteiger partial charge in [-0.3, -0.25) is 13.9 Å². The number of halogens is 2. The highest BCUT2D eigenvalue weighted by Gasteiger charge is 2.14. The highest BCUT2D eigenvalue weighted by molar-refractivity contribution is 9.10. The van der Waals surface area contributed by atoms with Gasteiger partial charge in [0.1, 0.15) is 4.47 Å². The van der Waals surface area contributed by atoms with Crippen molar-refractivity contribution in [2.45, 2.75) is 18.3 Å². The quantitative estimate of drug-likeness (QED) is 0.304. The molecule has 19 heavy (non-hydrogen) atoms. The zero-order chi connectivity index (χ0) is 14.6. The second kappa shape index (κ2) is 6.85. The van der Waals surface area contributed by atoms with E-state index in [0.29, 0.717) is 15.5 Å². The Balaban J connectivity index is 3.03. The number of hydrogen-bond donors (Lipinski definition) is 0. The van der Waals surface area contributed by atoms with Crippen LogP contribution in [-0.4, -0.2) is 20.8 Å². The summed E-state index contributed by atoms with van der Waals surface area (Å²) in [5, 5.41) is 9.44. The molecular formula is C9H11Br2N3O5. The van der Waals surface area contributed by atoms with Crippen LogP contribution in [0.15, 0.2) is 14.1 Å². The van der Waals surface area contributed by atoms with Gasteiger partial charge in [-0.05, 0) is 22.4 Å². The first-order chi connectivity index (χ1) is 8.90. The highest BCUT2D eigenvalue weighted by Crippen LogP contribution is 2.13. The second-order valence-corrected chi connectivity index (χ2v) is 4.96. The molecular weight excluding hydrogens is 390 g/mol. The first-order valence-corrected chi connectivity index (χ1v) is 7.13. The topological polar surface area (TPSA) is 96.4 Å². The van der Waals surface area contributed by atoms with Gasteiger partial charge in [0.15, 0.2) is 0 Å². The predicted octanol–water partition coefficient (Wildman–Crippen LogP) is 0.803. The molecule has 1 rings (SSSR count). The van der Waals surface area contributed by atoms with E-state index in [9.17, 15) is 19.7 Å². The minimum absolute atomic E-state index is 0.109. The SMILES string of the molecule is Cn1c(=O)c(Br)c(CBr)n(CCCO[N+](=O)[O-])c1=O. The van der Waals surface area contributed by atoms with Crippen LogP contribution in [0, 0.1) is 10.1 Å². The summed E-state index contributed by atoms with van der Waals surface area (Å²) < 4.78 is 2.65. The molecule has 8 nitrogen and oxygen atoms in total. The summed E-state index contributed by atoms with van der Waals surface area (Å²) in [4.78, 5) is 37.9. The number of rotatable bonds is 6. The molecule has 0 aliphatic carbocycles. The molecule has 0 aromatic carbocycles. The summed E-state index contributed by atoms with van der Waals surface area (Å²) in [7, 11) is 1.37. The van der Waals surface area contributed by atoms with Crippen molar-refractivity contribution in [1.82, 2.24) is 9.13 Å². The van der Waals surface area contributed by atoms with Crippen LogP contribution in [0.4, 0.5) is 0 Å². The maximum absolute atomic E-state index is 12.0. The Labute approximate surface area is 124 Å². The first kappa shape index (κ1) is 15.9. The first-order valence-electron chi connectivity index (χ1n) is 5.21. The van der Waals surface area contributed by atoms with Crippen LogP contribution in [-0.2, 0) is 23.8 Å². The molecule has 0 amide bonds. The molecule has 0 fully saturated rings. The maximum atomic E-state index is 12.0. The summed E-state index contributed by atoms with van der Waals surface area (Å²) in [6, 6.07) is 0. The molecule has 0 radical (unpaired) electrons. The van der Waals surface area contributed by atoms with Crippen molar-refractivity contribution in [3.8, 4) is 0 Å². The van der Waals surface area contributed by atoms with E-state index in [-0.39, 0.29) is 19.6 Å². The average Bonchev–Trinajstić information content (AvgIpc) is 2.37. The molecule has 0 atom stereocenters. The predicted molar refractivity (Wildman–Crippen MR) is 73.8 cm³/mol. The monoisotopic (exact) mass is 399 g/mol. The van der Waals surface area contributed by atoms with Crippen LogP contribution >= 0.6 is 31.9 Å². The highest BCUT2D eigenvalue weighted by atomic mass is 79.9. The third kappa shape index (κ3) is 3.66. The largest absolute Gasteiger partial charge is 0.331 e. The van der Waals surface area contributed by atoms with Crippen LogP contribution in [0.2, 0.25) is 0 Å². The van der Waals surface area contributed by atoms with E-state index in [2.05, 4.69) is 36.7 Å². The van der Waals surface area contributed by atoms with Crippen molar-refractivity contribution >= 4 is 31.9 Å². The third-order valence-electron chi connectivity index (χ3n) is 2.44. The van der Waals surface area contributed by atoms with Gasteiger partial charge in [0, 0.05) is 18.9 Å². The minimum atomic E-state index is -0.884. The molecule has 0 aliphatic rings. The molecule has 0 aliphatic heterocycles. The van der Waals surface area contributed by atoms with Crippen molar-refractivity contribution in [3.05, 3.63) is 41.1 Å². The lowest BCUT2D eigenvalue weighted by atomic mass is 10.3. The lowest BCUT2D eigenvalue weighted by Gasteiger charge is -2.13. The van der Waals surface area contributed by atoms with E-state index >= 15 is 0 Å². The Morgan fingerprint density at radius 2 is 2.05 bits per heavy atom. The van der Waals surface area contributed by atoms with Gasteiger partial charge < -0.3 is 4.84 Å². The molecule has 106 valence electrons. The van der Waals surface area contributed by atoms with Gasteiger partial charge in [-0.25, -0.2) is 4.79 Å². The summed E-state index contributed by atoms with van der Waals surface area (Å²) in [5.41, 5.74) is -0.393. The number of alkyl halides is 1. The molecule has 0 N–H and O–H groups in total. The summed E-state index contributed by atoms with van der Waals surface area (Å²) >= 11 is 6.35. The zero-order valence-corrected chi connectivity index (χ0v) is 13.1. The van der Waals surface area contributed by atoms with Crippen LogP contribution in [0.25, 0.3) is 0 Å². The Morgan fingerprint density at radius 3 is 2.58 bits per heavy atom. The molecule has 0 bridgehead atoms. The van der Waals surface area contributed by atoms with Crippen LogP contribution in [0.3, 0.4) is 0 Å². The van der Waals surface area contributed by atoms with E-state index in [1.807, 2.05) is 0 Å². The Bertz CT molecular complexity index is 595. The summed E-state index contributed by atoms with van der Waals surface area (Å²) in [6.07, 6.45) is 0.283. The maximum Gasteiger partial charge on any atom is 0.331 e. The third-order valence-corrected chi connectivity index (χ3v) is 3.77. The zero-order valence-electron chi connectivity index (χ0n) is 9.97. The molecule has 1 aromatic heterocycles. The van der Waals surface area contributed by atoms with Crippen LogP contribution in [0.1, 0.15) is 12.1 Å².